The molecule has 8 nitrogen and oxygen atoms in total. The van der Waals surface area contributed by atoms with Crippen LogP contribution in [0.3, 0.4) is 0 Å². The summed E-state index contributed by atoms with van der Waals surface area (Å²) in [5.41, 5.74) is 0.268. The fourth-order valence-corrected chi connectivity index (χ4v) is 4.47. The average Bonchev–Trinajstić information content (AvgIpc) is 3.20. The van der Waals surface area contributed by atoms with Crippen molar-refractivity contribution < 1.29 is 21.3 Å². The maximum atomic E-state index is 12.5. The van der Waals surface area contributed by atoms with Crippen LogP contribution in [0.15, 0.2) is 81.1 Å². The lowest BCUT2D eigenvalue weighted by molar-refractivity contribution is 0.498. The van der Waals surface area contributed by atoms with Crippen LogP contribution in [0.2, 0.25) is 0 Å². The molecule has 0 bridgehead atoms. The molecule has 0 aliphatic heterocycles. The van der Waals surface area contributed by atoms with E-state index in [1.807, 2.05) is 6.07 Å². The first-order chi connectivity index (χ1) is 13.3. The van der Waals surface area contributed by atoms with E-state index in [2.05, 4.69) is 9.44 Å². The Bertz CT molecular complexity index is 1230. The molecule has 1 aromatic heterocycles. The van der Waals surface area contributed by atoms with Crippen LogP contribution in [0.4, 0.5) is 5.69 Å². The van der Waals surface area contributed by atoms with E-state index in [9.17, 15) is 16.8 Å². The zero-order valence-corrected chi connectivity index (χ0v) is 16.0. The molecule has 1 heterocycles. The van der Waals surface area contributed by atoms with E-state index in [0.29, 0.717) is 5.76 Å². The Morgan fingerprint density at radius 1 is 0.893 bits per heavy atom. The summed E-state index contributed by atoms with van der Waals surface area (Å²) in [6.07, 6.45) is 1.43. The quantitative estimate of drug-likeness (QED) is 0.607. The van der Waals surface area contributed by atoms with E-state index in [1.165, 1.54) is 54.8 Å². The largest absolute Gasteiger partial charge is 0.468 e. The minimum absolute atomic E-state index is 0.0355. The first-order valence-electron chi connectivity index (χ1n) is 7.95. The van der Waals surface area contributed by atoms with Gasteiger partial charge in [-0.3, -0.25) is 4.72 Å². The lowest BCUT2D eigenvalue weighted by atomic mass is 10.2. The average molecular weight is 417 g/mol. The molecule has 2 N–H and O–H groups in total. The molecule has 144 valence electrons. The highest BCUT2D eigenvalue weighted by Gasteiger charge is 2.18. The lowest BCUT2D eigenvalue weighted by Gasteiger charge is -2.10. The summed E-state index contributed by atoms with van der Waals surface area (Å²) in [5.74, 6) is 0.442. The Labute approximate surface area is 162 Å². The van der Waals surface area contributed by atoms with Gasteiger partial charge in [0.15, 0.2) is 0 Å². The zero-order chi connectivity index (χ0) is 20.2. The molecule has 10 heteroatoms. The van der Waals surface area contributed by atoms with Crippen molar-refractivity contribution in [3.63, 3.8) is 0 Å². The molecule has 0 aliphatic carbocycles. The monoisotopic (exact) mass is 417 g/mol. The lowest BCUT2D eigenvalue weighted by Crippen LogP contribution is -2.23. The Kier molecular flexibility index (Phi) is 5.51. The molecule has 0 amide bonds. The van der Waals surface area contributed by atoms with Crippen LogP contribution in [0.1, 0.15) is 11.3 Å². The number of nitriles is 1. The van der Waals surface area contributed by atoms with Crippen LogP contribution in [0.25, 0.3) is 0 Å². The van der Waals surface area contributed by atoms with E-state index in [4.69, 9.17) is 9.68 Å². The highest BCUT2D eigenvalue weighted by molar-refractivity contribution is 7.92. The summed E-state index contributed by atoms with van der Waals surface area (Å²) >= 11 is 0. The number of nitrogens with zero attached hydrogens (tertiary/aromatic N) is 1. The van der Waals surface area contributed by atoms with Crippen molar-refractivity contribution in [2.45, 2.75) is 16.3 Å². The number of hydrogen-bond acceptors (Lipinski definition) is 6. The van der Waals surface area contributed by atoms with Gasteiger partial charge in [-0.2, -0.15) is 5.26 Å². The summed E-state index contributed by atoms with van der Waals surface area (Å²) in [4.78, 5) is -0.208. The highest BCUT2D eigenvalue weighted by atomic mass is 32.2. The van der Waals surface area contributed by atoms with Crippen molar-refractivity contribution in [1.29, 1.82) is 5.26 Å². The molecule has 0 radical (unpaired) electrons. The van der Waals surface area contributed by atoms with Crippen LogP contribution < -0.4 is 9.44 Å². The van der Waals surface area contributed by atoms with Gasteiger partial charge in [-0.15, -0.1) is 0 Å². The second-order valence-corrected chi connectivity index (χ2v) is 9.13. The zero-order valence-electron chi connectivity index (χ0n) is 14.4. The second kappa shape index (κ2) is 7.85. The number of sulfonamides is 2. The van der Waals surface area contributed by atoms with Crippen molar-refractivity contribution in [2.24, 2.45) is 0 Å². The minimum atomic E-state index is -3.99. The van der Waals surface area contributed by atoms with Gasteiger partial charge in [0.2, 0.25) is 10.0 Å². The summed E-state index contributed by atoms with van der Waals surface area (Å²) < 4.78 is 59.7. The first kappa shape index (κ1) is 19.6. The van der Waals surface area contributed by atoms with Crippen LogP contribution in [-0.4, -0.2) is 16.8 Å². The third kappa shape index (κ3) is 4.58. The van der Waals surface area contributed by atoms with E-state index in [-0.39, 0.29) is 27.6 Å². The summed E-state index contributed by atoms with van der Waals surface area (Å²) in [5, 5.41) is 8.92. The third-order valence-corrected chi connectivity index (χ3v) is 6.46. The molecule has 0 saturated heterocycles. The number of hydrogen-bond donors (Lipinski definition) is 2. The molecule has 28 heavy (non-hydrogen) atoms. The van der Waals surface area contributed by atoms with Gasteiger partial charge in [-0.05, 0) is 48.5 Å². The van der Waals surface area contributed by atoms with E-state index >= 15 is 0 Å². The standard InChI is InChI=1S/C18H15N3O5S2/c19-12-14-4-1-7-17(10-14)28(24,25)21-15-5-2-8-18(11-15)27(22,23)20-13-16-6-3-9-26-16/h1-11,20-21H,13H2. The molecule has 0 atom stereocenters. The molecular formula is C18H15N3O5S2. The number of rotatable bonds is 7. The fraction of sp³-hybridized carbons (Fsp3) is 0.0556. The molecule has 0 fully saturated rings. The van der Waals surface area contributed by atoms with Gasteiger partial charge in [0.05, 0.1) is 39.9 Å². The molecule has 2 aromatic carbocycles. The van der Waals surface area contributed by atoms with Crippen molar-refractivity contribution in [3.8, 4) is 6.07 Å². The summed E-state index contributed by atoms with van der Waals surface area (Å²) in [7, 11) is -7.86. The summed E-state index contributed by atoms with van der Waals surface area (Å²) in [6.45, 7) is -0.0355. The molecule has 0 unspecified atom stereocenters. The van der Waals surface area contributed by atoms with Gasteiger partial charge >= 0.3 is 0 Å². The summed E-state index contributed by atoms with van der Waals surface area (Å²) in [6, 6.07) is 16.0. The molecule has 3 rings (SSSR count). The van der Waals surface area contributed by atoms with Crippen molar-refractivity contribution in [2.75, 3.05) is 4.72 Å². The number of benzene rings is 2. The second-order valence-electron chi connectivity index (χ2n) is 5.68. The number of furan rings is 1. The number of anilines is 1. The topological polar surface area (TPSA) is 129 Å². The third-order valence-electron chi connectivity index (χ3n) is 3.69. The van der Waals surface area contributed by atoms with E-state index in [0.717, 1.165) is 0 Å². The van der Waals surface area contributed by atoms with Crippen molar-refractivity contribution in [3.05, 3.63) is 78.3 Å². The Morgan fingerprint density at radius 2 is 1.61 bits per heavy atom. The Hall–Kier alpha value is -3.13. The maximum Gasteiger partial charge on any atom is 0.261 e. The van der Waals surface area contributed by atoms with Gasteiger partial charge in [0, 0.05) is 0 Å². The van der Waals surface area contributed by atoms with Gasteiger partial charge in [0.25, 0.3) is 10.0 Å². The van der Waals surface area contributed by atoms with Crippen LogP contribution in [0, 0.1) is 11.3 Å². The minimum Gasteiger partial charge on any atom is -0.468 e. The predicted molar refractivity (Wildman–Crippen MR) is 101 cm³/mol. The SMILES string of the molecule is N#Cc1cccc(S(=O)(=O)Nc2cccc(S(=O)(=O)NCc3ccco3)c2)c1. The first-order valence-corrected chi connectivity index (χ1v) is 10.9. The molecular weight excluding hydrogens is 402 g/mol. The van der Waals surface area contributed by atoms with Crippen LogP contribution in [0.5, 0.6) is 0 Å². The Balaban J connectivity index is 1.81. The van der Waals surface area contributed by atoms with Gasteiger partial charge in [0.1, 0.15) is 5.76 Å². The normalized spacial score (nSPS) is 11.7. The fourth-order valence-electron chi connectivity index (χ4n) is 2.34. The maximum absolute atomic E-state index is 12.5. The van der Waals surface area contributed by atoms with E-state index in [1.54, 1.807) is 12.1 Å². The predicted octanol–water partition coefficient (Wildman–Crippen LogP) is 2.43. The van der Waals surface area contributed by atoms with Gasteiger partial charge < -0.3 is 4.42 Å². The van der Waals surface area contributed by atoms with Gasteiger partial charge in [-0.25, -0.2) is 21.6 Å². The van der Waals surface area contributed by atoms with Crippen LogP contribution in [-0.2, 0) is 26.6 Å². The van der Waals surface area contributed by atoms with Crippen LogP contribution >= 0.6 is 0 Å². The Morgan fingerprint density at radius 3 is 2.29 bits per heavy atom. The molecule has 3 aromatic rings. The molecule has 0 spiro atoms. The number of nitrogens with one attached hydrogen (secondary N) is 2. The smallest absolute Gasteiger partial charge is 0.261 e. The van der Waals surface area contributed by atoms with Crippen molar-refractivity contribution in [1.82, 2.24) is 4.72 Å². The molecule has 0 saturated carbocycles. The van der Waals surface area contributed by atoms with Gasteiger partial charge in [-0.1, -0.05) is 12.1 Å². The molecule has 0 aliphatic rings. The van der Waals surface area contributed by atoms with Crippen molar-refractivity contribution >= 4 is 25.7 Å². The highest BCUT2D eigenvalue weighted by Crippen LogP contribution is 2.20. The van der Waals surface area contributed by atoms with E-state index < -0.39 is 20.0 Å².